The largest absolute Gasteiger partial charge is 0.508 e. The van der Waals surface area contributed by atoms with Crippen molar-refractivity contribution in [3.63, 3.8) is 0 Å². The predicted molar refractivity (Wildman–Crippen MR) is 69.2 cm³/mol. The Balaban J connectivity index is 1.87. The molecule has 3 rings (SSSR count). The van der Waals surface area contributed by atoms with Crippen molar-refractivity contribution in [2.75, 3.05) is 20.1 Å². The van der Waals surface area contributed by atoms with Gasteiger partial charge in [0.2, 0.25) is 0 Å². The molecule has 2 heteroatoms. The van der Waals surface area contributed by atoms with E-state index in [0.717, 1.165) is 11.8 Å². The Labute approximate surface area is 103 Å². The van der Waals surface area contributed by atoms with Crippen LogP contribution in [0, 0.1) is 11.8 Å². The zero-order valence-corrected chi connectivity index (χ0v) is 10.5. The second kappa shape index (κ2) is 4.34. The van der Waals surface area contributed by atoms with Crippen molar-refractivity contribution < 1.29 is 5.11 Å². The van der Waals surface area contributed by atoms with Crippen LogP contribution in [0.25, 0.3) is 0 Å². The molecular weight excluding hydrogens is 210 g/mol. The van der Waals surface area contributed by atoms with E-state index in [1.54, 1.807) is 6.07 Å². The van der Waals surface area contributed by atoms with Gasteiger partial charge in [-0.15, -0.1) is 0 Å². The fourth-order valence-electron chi connectivity index (χ4n) is 3.86. The van der Waals surface area contributed by atoms with Gasteiger partial charge in [-0.05, 0) is 55.3 Å². The van der Waals surface area contributed by atoms with Crippen LogP contribution in [0.2, 0.25) is 0 Å². The molecule has 0 amide bonds. The summed E-state index contributed by atoms with van der Waals surface area (Å²) in [5.41, 5.74) is 1.34. The maximum Gasteiger partial charge on any atom is 0.115 e. The second-order valence-electron chi connectivity index (χ2n) is 5.78. The van der Waals surface area contributed by atoms with Crippen molar-refractivity contribution in [2.24, 2.45) is 11.8 Å². The molecule has 3 atom stereocenters. The van der Waals surface area contributed by atoms with E-state index in [4.69, 9.17) is 0 Å². The van der Waals surface area contributed by atoms with Crippen LogP contribution in [0.15, 0.2) is 24.3 Å². The minimum atomic E-state index is 0.413. The lowest BCUT2D eigenvalue weighted by atomic mass is 9.71. The number of phenols is 1. The van der Waals surface area contributed by atoms with Gasteiger partial charge in [-0.1, -0.05) is 18.6 Å². The monoisotopic (exact) mass is 231 g/mol. The highest BCUT2D eigenvalue weighted by Crippen LogP contribution is 2.45. The third-order valence-electron chi connectivity index (χ3n) is 4.58. The van der Waals surface area contributed by atoms with E-state index in [9.17, 15) is 5.11 Å². The van der Waals surface area contributed by atoms with Gasteiger partial charge in [0.25, 0.3) is 0 Å². The highest BCUT2D eigenvalue weighted by Gasteiger charge is 2.39. The van der Waals surface area contributed by atoms with E-state index in [-0.39, 0.29) is 0 Å². The van der Waals surface area contributed by atoms with Crippen molar-refractivity contribution in [3.05, 3.63) is 29.8 Å². The van der Waals surface area contributed by atoms with E-state index < -0.39 is 0 Å². The number of rotatable bonds is 1. The molecule has 1 saturated carbocycles. The first-order valence-electron chi connectivity index (χ1n) is 6.71. The standard InChI is InChI=1S/C15H21NO/c1-16-9-12-5-3-7-14(15(12)10-16)11-4-2-6-13(17)8-11/h2,4,6,8,12,14-15,17H,3,5,7,9-10H2,1H3/t12-,14+,15-/m1/s1. The Morgan fingerprint density at radius 1 is 1.24 bits per heavy atom. The summed E-state index contributed by atoms with van der Waals surface area (Å²) in [5, 5.41) is 9.63. The summed E-state index contributed by atoms with van der Waals surface area (Å²) in [5.74, 6) is 2.75. The van der Waals surface area contributed by atoms with Crippen LogP contribution >= 0.6 is 0 Å². The van der Waals surface area contributed by atoms with E-state index in [0.29, 0.717) is 11.7 Å². The van der Waals surface area contributed by atoms with Gasteiger partial charge in [-0.2, -0.15) is 0 Å². The topological polar surface area (TPSA) is 23.5 Å². The van der Waals surface area contributed by atoms with Gasteiger partial charge in [0.05, 0.1) is 0 Å². The first-order valence-corrected chi connectivity index (χ1v) is 6.71. The van der Waals surface area contributed by atoms with E-state index in [2.05, 4.69) is 18.0 Å². The van der Waals surface area contributed by atoms with Crippen LogP contribution in [0.1, 0.15) is 30.7 Å². The number of phenolic OH excluding ortho intramolecular Hbond substituents is 1. The summed E-state index contributed by atoms with van der Waals surface area (Å²) in [6.07, 6.45) is 4.03. The third-order valence-corrected chi connectivity index (χ3v) is 4.58. The Bertz CT molecular complexity index is 404. The molecule has 0 bridgehead atoms. The molecule has 1 aromatic rings. The van der Waals surface area contributed by atoms with Gasteiger partial charge in [-0.3, -0.25) is 0 Å². The molecule has 0 aromatic heterocycles. The molecule has 2 fully saturated rings. The number of benzene rings is 1. The molecule has 1 saturated heterocycles. The molecule has 1 aliphatic carbocycles. The van der Waals surface area contributed by atoms with Crippen LogP contribution in [-0.4, -0.2) is 30.1 Å². The molecule has 0 unspecified atom stereocenters. The second-order valence-corrected chi connectivity index (χ2v) is 5.78. The zero-order chi connectivity index (χ0) is 11.8. The van der Waals surface area contributed by atoms with E-state index >= 15 is 0 Å². The van der Waals surface area contributed by atoms with Crippen molar-refractivity contribution >= 4 is 0 Å². The summed E-state index contributed by atoms with van der Waals surface area (Å²) in [6.45, 7) is 2.49. The number of nitrogens with zero attached hydrogens (tertiary/aromatic N) is 1. The highest BCUT2D eigenvalue weighted by atomic mass is 16.3. The molecule has 0 radical (unpaired) electrons. The van der Waals surface area contributed by atoms with Crippen LogP contribution in [0.4, 0.5) is 0 Å². The van der Waals surface area contributed by atoms with E-state index in [1.165, 1.54) is 37.9 Å². The lowest BCUT2D eigenvalue weighted by Gasteiger charge is -2.33. The minimum Gasteiger partial charge on any atom is -0.508 e. The summed E-state index contributed by atoms with van der Waals surface area (Å²) in [4.78, 5) is 2.47. The Morgan fingerprint density at radius 2 is 2.12 bits per heavy atom. The van der Waals surface area contributed by atoms with Crippen molar-refractivity contribution in [2.45, 2.75) is 25.2 Å². The smallest absolute Gasteiger partial charge is 0.115 e. The van der Waals surface area contributed by atoms with Crippen LogP contribution in [0.5, 0.6) is 5.75 Å². The Morgan fingerprint density at radius 3 is 2.94 bits per heavy atom. The van der Waals surface area contributed by atoms with E-state index in [1.807, 2.05) is 12.1 Å². The number of aromatic hydroxyl groups is 1. The molecular formula is C15H21NO. The molecule has 1 N–H and O–H groups in total. The number of likely N-dealkylation sites (tertiary alicyclic amines) is 1. The van der Waals surface area contributed by atoms with Gasteiger partial charge in [0, 0.05) is 13.1 Å². The van der Waals surface area contributed by atoms with Gasteiger partial charge in [0.1, 0.15) is 5.75 Å². The first-order chi connectivity index (χ1) is 8.24. The molecule has 1 heterocycles. The van der Waals surface area contributed by atoms with Crippen molar-refractivity contribution in [1.29, 1.82) is 0 Å². The molecule has 1 aromatic carbocycles. The van der Waals surface area contributed by atoms with Crippen molar-refractivity contribution in [3.8, 4) is 5.75 Å². The highest BCUT2D eigenvalue weighted by molar-refractivity contribution is 5.31. The lowest BCUT2D eigenvalue weighted by molar-refractivity contribution is 0.257. The normalized spacial score (nSPS) is 33.6. The van der Waals surface area contributed by atoms with Gasteiger partial charge < -0.3 is 10.0 Å². The zero-order valence-electron chi connectivity index (χ0n) is 10.5. The Kier molecular flexibility index (Phi) is 2.83. The molecule has 17 heavy (non-hydrogen) atoms. The number of fused-ring (bicyclic) bond motifs is 1. The molecule has 0 spiro atoms. The molecule has 92 valence electrons. The summed E-state index contributed by atoms with van der Waals surface area (Å²) < 4.78 is 0. The SMILES string of the molecule is CN1C[C@H]2CCC[C@@H](c3cccc(O)c3)[C@@H]2C1. The maximum absolute atomic E-state index is 9.63. The summed E-state index contributed by atoms with van der Waals surface area (Å²) >= 11 is 0. The third kappa shape index (κ3) is 2.06. The van der Waals surface area contributed by atoms with Crippen LogP contribution in [-0.2, 0) is 0 Å². The van der Waals surface area contributed by atoms with Crippen molar-refractivity contribution in [1.82, 2.24) is 4.90 Å². The summed E-state index contributed by atoms with van der Waals surface area (Å²) in [7, 11) is 2.23. The van der Waals surface area contributed by atoms with Gasteiger partial charge >= 0.3 is 0 Å². The quantitative estimate of drug-likeness (QED) is 0.803. The average Bonchev–Trinajstić information content (AvgIpc) is 2.68. The maximum atomic E-state index is 9.63. The molecule has 2 aliphatic rings. The van der Waals surface area contributed by atoms with Gasteiger partial charge in [0.15, 0.2) is 0 Å². The lowest BCUT2D eigenvalue weighted by Crippen LogP contribution is -2.25. The minimum absolute atomic E-state index is 0.413. The summed E-state index contributed by atoms with van der Waals surface area (Å²) in [6, 6.07) is 7.90. The molecule has 1 aliphatic heterocycles. The van der Waals surface area contributed by atoms with Crippen LogP contribution in [0.3, 0.4) is 0 Å². The Hall–Kier alpha value is -1.02. The number of hydrogen-bond acceptors (Lipinski definition) is 2. The predicted octanol–water partition coefficient (Wildman–Crippen LogP) is 2.84. The fraction of sp³-hybridized carbons (Fsp3) is 0.600. The molecule has 2 nitrogen and oxygen atoms in total. The fourth-order valence-corrected chi connectivity index (χ4v) is 3.86. The average molecular weight is 231 g/mol. The van der Waals surface area contributed by atoms with Gasteiger partial charge in [-0.25, -0.2) is 0 Å². The number of hydrogen-bond donors (Lipinski definition) is 1. The van der Waals surface area contributed by atoms with Crippen LogP contribution < -0.4 is 0 Å². The first kappa shape index (κ1) is 11.1.